The average Bonchev–Trinajstić information content (AvgIpc) is 3.19. The van der Waals surface area contributed by atoms with Gasteiger partial charge in [0.05, 0.1) is 13.2 Å². The van der Waals surface area contributed by atoms with Crippen LogP contribution in [0.15, 0.2) is 72.8 Å². The summed E-state index contributed by atoms with van der Waals surface area (Å²) in [6.45, 7) is 4.23. The van der Waals surface area contributed by atoms with E-state index in [9.17, 15) is 15.0 Å². The third-order valence-corrected chi connectivity index (χ3v) is 6.73. The van der Waals surface area contributed by atoms with Crippen LogP contribution in [0.4, 0.5) is 4.79 Å². The van der Waals surface area contributed by atoms with Gasteiger partial charge in [-0.2, -0.15) is 0 Å². The van der Waals surface area contributed by atoms with E-state index in [2.05, 4.69) is 12.1 Å². The SMILES string of the molecule is COc1ccc([C@@H]2CN(C(=O)O)C[C@@]2(C)[C@H](C)O)cc1Oc1ccc(-c2ccccc2)cc1. The Balaban J connectivity index is 1.63. The molecule has 0 saturated carbocycles. The average molecular weight is 448 g/mol. The first kappa shape index (κ1) is 22.7. The third-order valence-electron chi connectivity index (χ3n) is 6.73. The van der Waals surface area contributed by atoms with E-state index in [0.717, 1.165) is 16.7 Å². The van der Waals surface area contributed by atoms with Crippen LogP contribution in [-0.2, 0) is 0 Å². The van der Waals surface area contributed by atoms with E-state index in [4.69, 9.17) is 9.47 Å². The molecule has 4 rings (SSSR count). The molecule has 1 aliphatic heterocycles. The molecule has 0 aliphatic carbocycles. The molecule has 0 unspecified atom stereocenters. The topological polar surface area (TPSA) is 79.2 Å². The van der Waals surface area contributed by atoms with E-state index in [0.29, 0.717) is 23.8 Å². The van der Waals surface area contributed by atoms with Crippen molar-refractivity contribution in [1.82, 2.24) is 4.90 Å². The predicted octanol–water partition coefficient (Wildman–Crippen LogP) is 5.62. The highest BCUT2D eigenvalue weighted by Gasteiger charge is 2.48. The molecule has 3 aromatic carbocycles. The lowest BCUT2D eigenvalue weighted by atomic mass is 9.72. The van der Waals surface area contributed by atoms with Gasteiger partial charge in [0.2, 0.25) is 0 Å². The summed E-state index contributed by atoms with van der Waals surface area (Å²) in [4.78, 5) is 13.0. The van der Waals surface area contributed by atoms with Crippen molar-refractivity contribution in [2.75, 3.05) is 20.2 Å². The minimum atomic E-state index is -0.979. The van der Waals surface area contributed by atoms with Gasteiger partial charge < -0.3 is 24.6 Å². The van der Waals surface area contributed by atoms with Gasteiger partial charge in [0.1, 0.15) is 5.75 Å². The number of benzene rings is 3. The Hall–Kier alpha value is -3.51. The molecule has 3 aromatic rings. The number of rotatable bonds is 6. The highest BCUT2D eigenvalue weighted by Crippen LogP contribution is 2.47. The van der Waals surface area contributed by atoms with E-state index >= 15 is 0 Å². The van der Waals surface area contributed by atoms with Gasteiger partial charge in [-0.1, -0.05) is 55.5 Å². The first-order valence-corrected chi connectivity index (χ1v) is 11.0. The van der Waals surface area contributed by atoms with Crippen LogP contribution in [0.2, 0.25) is 0 Å². The summed E-state index contributed by atoms with van der Waals surface area (Å²) in [7, 11) is 1.59. The molecule has 0 spiro atoms. The molecule has 33 heavy (non-hydrogen) atoms. The quantitative estimate of drug-likeness (QED) is 0.513. The van der Waals surface area contributed by atoms with Crippen LogP contribution >= 0.6 is 0 Å². The fraction of sp³-hybridized carbons (Fsp3) is 0.296. The van der Waals surface area contributed by atoms with Crippen molar-refractivity contribution in [3.05, 3.63) is 78.4 Å². The fourth-order valence-corrected chi connectivity index (χ4v) is 4.53. The Kier molecular flexibility index (Phi) is 6.29. The minimum Gasteiger partial charge on any atom is -0.493 e. The number of hydrogen-bond acceptors (Lipinski definition) is 4. The lowest BCUT2D eigenvalue weighted by molar-refractivity contribution is 0.0481. The van der Waals surface area contributed by atoms with Crippen LogP contribution in [0.3, 0.4) is 0 Å². The van der Waals surface area contributed by atoms with Gasteiger partial charge in [0.25, 0.3) is 0 Å². The summed E-state index contributed by atoms with van der Waals surface area (Å²) in [6, 6.07) is 23.6. The van der Waals surface area contributed by atoms with E-state index in [1.54, 1.807) is 14.0 Å². The number of carboxylic acid groups (broad SMARTS) is 1. The van der Waals surface area contributed by atoms with Crippen molar-refractivity contribution in [2.24, 2.45) is 5.41 Å². The van der Waals surface area contributed by atoms with Gasteiger partial charge in [0.15, 0.2) is 11.5 Å². The molecule has 1 amide bonds. The molecule has 3 atom stereocenters. The van der Waals surface area contributed by atoms with Gasteiger partial charge in [-0.15, -0.1) is 0 Å². The molecule has 2 N–H and O–H groups in total. The normalized spacial score (nSPS) is 21.0. The molecule has 0 bridgehead atoms. The second-order valence-corrected chi connectivity index (χ2v) is 8.80. The van der Waals surface area contributed by atoms with Crippen LogP contribution in [0.25, 0.3) is 11.1 Å². The third kappa shape index (κ3) is 4.52. The number of hydrogen-bond donors (Lipinski definition) is 2. The summed E-state index contributed by atoms with van der Waals surface area (Å²) in [5.41, 5.74) is 2.52. The first-order chi connectivity index (χ1) is 15.8. The van der Waals surface area contributed by atoms with Gasteiger partial charge in [-0.05, 0) is 47.9 Å². The Morgan fingerprint density at radius 1 is 1.03 bits per heavy atom. The van der Waals surface area contributed by atoms with Gasteiger partial charge in [-0.25, -0.2) is 4.79 Å². The number of carbonyl (C=O) groups is 1. The van der Waals surface area contributed by atoms with Crippen molar-refractivity contribution in [2.45, 2.75) is 25.9 Å². The first-order valence-electron chi connectivity index (χ1n) is 11.0. The molecule has 1 fully saturated rings. The molecular weight excluding hydrogens is 418 g/mol. The van der Waals surface area contributed by atoms with E-state index in [1.807, 2.05) is 67.6 Å². The summed E-state index contributed by atoms with van der Waals surface area (Å²) in [5.74, 6) is 1.62. The molecule has 1 saturated heterocycles. The number of likely N-dealkylation sites (tertiary alicyclic amines) is 1. The smallest absolute Gasteiger partial charge is 0.407 e. The molecule has 1 aliphatic rings. The maximum atomic E-state index is 11.6. The summed E-state index contributed by atoms with van der Waals surface area (Å²) in [6.07, 6.45) is -1.66. The van der Waals surface area contributed by atoms with E-state index in [1.165, 1.54) is 4.90 Å². The van der Waals surface area contributed by atoms with Crippen LogP contribution in [-0.4, -0.2) is 47.5 Å². The largest absolute Gasteiger partial charge is 0.493 e. The highest BCUT2D eigenvalue weighted by atomic mass is 16.5. The summed E-state index contributed by atoms with van der Waals surface area (Å²) in [5, 5.41) is 20.0. The zero-order valence-corrected chi connectivity index (χ0v) is 19.1. The second-order valence-electron chi connectivity index (χ2n) is 8.80. The van der Waals surface area contributed by atoms with Crippen molar-refractivity contribution >= 4 is 6.09 Å². The number of nitrogens with zero attached hydrogens (tertiary/aromatic N) is 1. The van der Waals surface area contributed by atoms with E-state index in [-0.39, 0.29) is 12.5 Å². The molecule has 1 heterocycles. The van der Waals surface area contributed by atoms with Crippen molar-refractivity contribution in [3.8, 4) is 28.4 Å². The number of aliphatic hydroxyl groups excluding tert-OH is 1. The van der Waals surface area contributed by atoms with Gasteiger partial charge >= 0.3 is 6.09 Å². The second kappa shape index (κ2) is 9.16. The van der Waals surface area contributed by atoms with Crippen LogP contribution in [0, 0.1) is 5.41 Å². The zero-order valence-electron chi connectivity index (χ0n) is 19.1. The Morgan fingerprint density at radius 3 is 2.30 bits per heavy atom. The highest BCUT2D eigenvalue weighted by molar-refractivity contribution is 5.66. The van der Waals surface area contributed by atoms with Crippen molar-refractivity contribution in [1.29, 1.82) is 0 Å². The van der Waals surface area contributed by atoms with Crippen molar-refractivity contribution in [3.63, 3.8) is 0 Å². The Labute approximate surface area is 194 Å². The van der Waals surface area contributed by atoms with Gasteiger partial charge in [0, 0.05) is 24.4 Å². The molecule has 0 aromatic heterocycles. The summed E-state index contributed by atoms with van der Waals surface area (Å²) >= 11 is 0. The maximum absolute atomic E-state index is 11.6. The molecule has 0 radical (unpaired) electrons. The Bertz CT molecular complexity index is 1110. The molecule has 6 heteroatoms. The summed E-state index contributed by atoms with van der Waals surface area (Å²) < 4.78 is 11.7. The lowest BCUT2D eigenvalue weighted by Gasteiger charge is -2.33. The lowest BCUT2D eigenvalue weighted by Crippen LogP contribution is -2.37. The number of methoxy groups -OCH3 is 1. The molecular formula is C27H29NO5. The number of ether oxygens (including phenoxy) is 2. The van der Waals surface area contributed by atoms with Crippen LogP contribution in [0.1, 0.15) is 25.3 Å². The number of amides is 1. The zero-order chi connectivity index (χ0) is 23.6. The van der Waals surface area contributed by atoms with Gasteiger partial charge in [-0.3, -0.25) is 0 Å². The standard InChI is InChI=1S/C27H29NO5/c1-18(29)27(2)17-28(26(30)31)16-23(27)21-11-14-24(32-3)25(15-21)33-22-12-9-20(10-13-22)19-7-5-4-6-8-19/h4-15,18,23,29H,16-17H2,1-3H3,(H,30,31)/t18-,23-,27-/m0/s1. The molecule has 6 nitrogen and oxygen atoms in total. The molecule has 172 valence electrons. The van der Waals surface area contributed by atoms with Crippen LogP contribution < -0.4 is 9.47 Å². The monoisotopic (exact) mass is 447 g/mol. The maximum Gasteiger partial charge on any atom is 0.407 e. The van der Waals surface area contributed by atoms with E-state index < -0.39 is 17.6 Å². The predicted molar refractivity (Wildman–Crippen MR) is 127 cm³/mol. The van der Waals surface area contributed by atoms with Crippen molar-refractivity contribution < 1.29 is 24.5 Å². The number of aliphatic hydroxyl groups is 1. The van der Waals surface area contributed by atoms with Crippen LogP contribution in [0.5, 0.6) is 17.2 Å². The Morgan fingerprint density at radius 2 is 1.70 bits per heavy atom. The fourth-order valence-electron chi connectivity index (χ4n) is 4.53. The minimum absolute atomic E-state index is 0.178.